The smallest absolute Gasteiger partial charge is 0.202 e. The van der Waals surface area contributed by atoms with E-state index in [0.29, 0.717) is 23.5 Å². The fourth-order valence-electron chi connectivity index (χ4n) is 3.56. The van der Waals surface area contributed by atoms with E-state index in [1.54, 1.807) is 19.2 Å². The third kappa shape index (κ3) is 3.62. The van der Waals surface area contributed by atoms with Gasteiger partial charge in [0.05, 0.1) is 18.6 Å². The molecule has 1 atom stereocenters. The van der Waals surface area contributed by atoms with Gasteiger partial charge < -0.3 is 14.0 Å². The first-order valence-electron chi connectivity index (χ1n) is 8.50. The Morgan fingerprint density at radius 3 is 2.54 bits per heavy atom. The molecule has 2 aromatic rings. The number of rotatable bonds is 6. The largest absolute Gasteiger partial charge is 0.493 e. The predicted octanol–water partition coefficient (Wildman–Crippen LogP) is 2.73. The Bertz CT molecular complexity index is 929. The number of hydrogen-bond donors (Lipinski definition) is 0. The van der Waals surface area contributed by atoms with Crippen LogP contribution in [-0.2, 0) is 9.84 Å². The molecule has 1 aromatic carbocycles. The van der Waals surface area contributed by atoms with Crippen molar-refractivity contribution in [3.05, 3.63) is 47.3 Å². The number of ketones is 1. The summed E-state index contributed by atoms with van der Waals surface area (Å²) in [6, 6.07) is 8.88. The van der Waals surface area contributed by atoms with Gasteiger partial charge in [0.1, 0.15) is 0 Å². The van der Waals surface area contributed by atoms with Crippen LogP contribution in [-0.4, -0.2) is 44.0 Å². The molecule has 3 rings (SSSR count). The van der Waals surface area contributed by atoms with E-state index in [1.165, 1.54) is 0 Å². The average molecular weight is 377 g/mol. The molecule has 1 saturated heterocycles. The van der Waals surface area contributed by atoms with E-state index >= 15 is 0 Å². The van der Waals surface area contributed by atoms with Gasteiger partial charge in [-0.05, 0) is 38.5 Å². The monoisotopic (exact) mass is 377 g/mol. The van der Waals surface area contributed by atoms with Crippen LogP contribution in [0.5, 0.6) is 11.5 Å². The normalized spacial score (nSPS) is 18.7. The summed E-state index contributed by atoms with van der Waals surface area (Å²) >= 11 is 0. The lowest BCUT2D eigenvalue weighted by molar-refractivity contribution is 0.0918. The highest BCUT2D eigenvalue weighted by Gasteiger charge is 2.31. The molecule has 1 aliphatic rings. The van der Waals surface area contributed by atoms with Crippen LogP contribution in [0, 0.1) is 13.8 Å². The van der Waals surface area contributed by atoms with Crippen molar-refractivity contribution in [2.75, 3.05) is 25.2 Å². The molecule has 2 heterocycles. The second-order valence-electron chi connectivity index (χ2n) is 6.57. The van der Waals surface area contributed by atoms with Crippen LogP contribution in [0.15, 0.2) is 30.3 Å². The number of hydrogen-bond acceptors (Lipinski definition) is 5. The Morgan fingerprint density at radius 2 is 1.92 bits per heavy atom. The van der Waals surface area contributed by atoms with E-state index < -0.39 is 9.84 Å². The predicted molar refractivity (Wildman–Crippen MR) is 99.0 cm³/mol. The summed E-state index contributed by atoms with van der Waals surface area (Å²) in [5.74, 6) is 1.28. The minimum Gasteiger partial charge on any atom is -0.493 e. The SMILES string of the molecule is COc1ccccc1OCC(=O)c1cc(C)n([C@@H]2CCS(=O)(=O)C2)c1C. The van der Waals surface area contributed by atoms with Gasteiger partial charge in [-0.3, -0.25) is 4.79 Å². The van der Waals surface area contributed by atoms with E-state index in [2.05, 4.69) is 0 Å². The zero-order valence-electron chi connectivity index (χ0n) is 15.2. The highest BCUT2D eigenvalue weighted by atomic mass is 32.2. The van der Waals surface area contributed by atoms with Crippen LogP contribution in [0.2, 0.25) is 0 Å². The molecular formula is C19H23NO5S. The summed E-state index contributed by atoms with van der Waals surface area (Å²) < 4.78 is 36.4. The van der Waals surface area contributed by atoms with Gasteiger partial charge in [-0.25, -0.2) is 8.42 Å². The summed E-state index contributed by atoms with van der Waals surface area (Å²) in [6.45, 7) is 3.65. The molecule has 0 unspecified atom stereocenters. The lowest BCUT2D eigenvalue weighted by atomic mass is 10.1. The van der Waals surface area contributed by atoms with E-state index in [9.17, 15) is 13.2 Å². The molecule has 26 heavy (non-hydrogen) atoms. The highest BCUT2D eigenvalue weighted by molar-refractivity contribution is 7.91. The van der Waals surface area contributed by atoms with Gasteiger partial charge in [-0.2, -0.15) is 0 Å². The molecule has 1 aromatic heterocycles. The van der Waals surface area contributed by atoms with Crippen molar-refractivity contribution in [1.29, 1.82) is 0 Å². The molecular weight excluding hydrogens is 354 g/mol. The zero-order valence-corrected chi connectivity index (χ0v) is 16.0. The van der Waals surface area contributed by atoms with Crippen LogP contribution in [0.1, 0.15) is 34.2 Å². The van der Waals surface area contributed by atoms with Crippen LogP contribution < -0.4 is 9.47 Å². The van der Waals surface area contributed by atoms with Crippen molar-refractivity contribution < 1.29 is 22.7 Å². The number of benzene rings is 1. The van der Waals surface area contributed by atoms with Crippen molar-refractivity contribution in [3.8, 4) is 11.5 Å². The summed E-state index contributed by atoms with van der Waals surface area (Å²) in [5.41, 5.74) is 2.25. The van der Waals surface area contributed by atoms with Crippen LogP contribution in [0.25, 0.3) is 0 Å². The van der Waals surface area contributed by atoms with Gasteiger partial charge in [-0.15, -0.1) is 0 Å². The Morgan fingerprint density at radius 1 is 1.23 bits per heavy atom. The molecule has 0 amide bonds. The number of carbonyl (C=O) groups is 1. The Kier molecular flexibility index (Phi) is 5.09. The number of ether oxygens (including phenoxy) is 2. The van der Waals surface area contributed by atoms with Crippen molar-refractivity contribution in [3.63, 3.8) is 0 Å². The van der Waals surface area contributed by atoms with Gasteiger partial charge in [0, 0.05) is 23.0 Å². The lowest BCUT2D eigenvalue weighted by Gasteiger charge is -2.16. The fourth-order valence-corrected chi connectivity index (χ4v) is 5.26. The molecule has 6 nitrogen and oxygen atoms in total. The Labute approximate surface area is 153 Å². The lowest BCUT2D eigenvalue weighted by Crippen LogP contribution is -2.16. The number of para-hydroxylation sites is 2. The number of nitrogens with zero attached hydrogens (tertiary/aromatic N) is 1. The highest BCUT2D eigenvalue weighted by Crippen LogP contribution is 2.30. The Hall–Kier alpha value is -2.28. The maximum Gasteiger partial charge on any atom is 0.202 e. The number of carbonyl (C=O) groups excluding carboxylic acids is 1. The molecule has 0 radical (unpaired) electrons. The molecule has 140 valence electrons. The van der Waals surface area contributed by atoms with E-state index in [0.717, 1.165) is 11.4 Å². The quantitative estimate of drug-likeness (QED) is 0.724. The maximum atomic E-state index is 12.6. The van der Waals surface area contributed by atoms with Crippen LogP contribution in [0.3, 0.4) is 0 Å². The van der Waals surface area contributed by atoms with Gasteiger partial charge in [0.15, 0.2) is 27.9 Å². The first kappa shape index (κ1) is 18.5. The number of methoxy groups -OCH3 is 1. The van der Waals surface area contributed by atoms with Crippen molar-refractivity contribution in [2.24, 2.45) is 0 Å². The van der Waals surface area contributed by atoms with Gasteiger partial charge in [0.2, 0.25) is 5.78 Å². The van der Waals surface area contributed by atoms with Crippen LogP contribution >= 0.6 is 0 Å². The number of sulfone groups is 1. The molecule has 7 heteroatoms. The van der Waals surface area contributed by atoms with Crippen molar-refractivity contribution >= 4 is 15.6 Å². The summed E-state index contributed by atoms with van der Waals surface area (Å²) in [7, 11) is -1.44. The average Bonchev–Trinajstić information content (AvgIpc) is 3.11. The van der Waals surface area contributed by atoms with E-state index in [4.69, 9.17) is 9.47 Å². The van der Waals surface area contributed by atoms with Gasteiger partial charge in [0.25, 0.3) is 0 Å². The minimum absolute atomic E-state index is 0.100. The van der Waals surface area contributed by atoms with Crippen molar-refractivity contribution in [2.45, 2.75) is 26.3 Å². The fraction of sp³-hybridized carbons (Fsp3) is 0.421. The maximum absolute atomic E-state index is 12.6. The van der Waals surface area contributed by atoms with E-state index in [1.807, 2.05) is 36.6 Å². The zero-order chi connectivity index (χ0) is 18.9. The molecule has 0 aliphatic carbocycles. The van der Waals surface area contributed by atoms with Gasteiger partial charge in [-0.1, -0.05) is 12.1 Å². The molecule has 0 bridgehead atoms. The molecule has 0 N–H and O–H groups in total. The summed E-state index contributed by atoms with van der Waals surface area (Å²) in [6.07, 6.45) is 0.587. The van der Waals surface area contributed by atoms with Gasteiger partial charge >= 0.3 is 0 Å². The topological polar surface area (TPSA) is 74.6 Å². The third-order valence-electron chi connectivity index (χ3n) is 4.79. The second kappa shape index (κ2) is 7.15. The second-order valence-corrected chi connectivity index (χ2v) is 8.80. The molecule has 1 aliphatic heterocycles. The molecule has 0 spiro atoms. The molecule has 1 fully saturated rings. The number of aromatic nitrogens is 1. The first-order chi connectivity index (χ1) is 12.3. The standard InChI is InChI=1S/C19H23NO5S/c1-13-10-16(14(2)20(13)15-8-9-26(22,23)12-15)17(21)11-25-19-7-5-4-6-18(19)24-3/h4-7,10,15H,8-9,11-12H2,1-3H3/t15-/m1/s1. The van der Waals surface area contributed by atoms with Crippen LogP contribution in [0.4, 0.5) is 0 Å². The Balaban J connectivity index is 1.77. The third-order valence-corrected chi connectivity index (χ3v) is 6.54. The summed E-state index contributed by atoms with van der Waals surface area (Å²) in [4.78, 5) is 12.6. The number of Topliss-reactive ketones (excluding diaryl/α,β-unsaturated/α-hetero) is 1. The summed E-state index contributed by atoms with van der Waals surface area (Å²) in [5, 5.41) is 0. The van der Waals surface area contributed by atoms with E-state index in [-0.39, 0.29) is 29.9 Å². The molecule has 0 saturated carbocycles. The number of aryl methyl sites for hydroxylation is 1. The van der Waals surface area contributed by atoms with Crippen molar-refractivity contribution in [1.82, 2.24) is 4.57 Å². The minimum atomic E-state index is -2.99. The first-order valence-corrected chi connectivity index (χ1v) is 10.3.